The first-order chi connectivity index (χ1) is 17.2. The van der Waals surface area contributed by atoms with Crippen LogP contribution in [0.3, 0.4) is 0 Å². The predicted octanol–water partition coefficient (Wildman–Crippen LogP) is 3.20. The molecule has 4 aromatic rings. The van der Waals surface area contributed by atoms with Crippen molar-refractivity contribution in [1.29, 1.82) is 0 Å². The molecule has 3 heterocycles. The number of aromatic nitrogens is 3. The zero-order chi connectivity index (χ0) is 24.2. The van der Waals surface area contributed by atoms with Crippen LogP contribution in [0.2, 0.25) is 0 Å². The van der Waals surface area contributed by atoms with Crippen molar-refractivity contribution in [2.24, 2.45) is 0 Å². The first-order valence-corrected chi connectivity index (χ1v) is 11.8. The number of para-hydroxylation sites is 1. The van der Waals surface area contributed by atoms with Crippen LogP contribution in [0.15, 0.2) is 77.7 Å². The van der Waals surface area contributed by atoms with Crippen LogP contribution >= 0.6 is 0 Å². The molecule has 5 rings (SSSR count). The van der Waals surface area contributed by atoms with E-state index in [1.807, 2.05) is 72.5 Å². The molecule has 0 atom stereocenters. The van der Waals surface area contributed by atoms with Gasteiger partial charge in [-0.15, -0.1) is 0 Å². The van der Waals surface area contributed by atoms with Crippen LogP contribution in [0.5, 0.6) is 5.75 Å². The Balaban J connectivity index is 1.40. The molecule has 0 aliphatic carbocycles. The number of benzene rings is 2. The summed E-state index contributed by atoms with van der Waals surface area (Å²) in [5.41, 5.74) is 2.63. The third kappa shape index (κ3) is 4.59. The van der Waals surface area contributed by atoms with Gasteiger partial charge in [0, 0.05) is 32.4 Å². The number of ether oxygens (including phenoxy) is 1. The van der Waals surface area contributed by atoms with Crippen LogP contribution in [0, 0.1) is 0 Å². The minimum absolute atomic E-state index is 0.0640. The lowest BCUT2D eigenvalue weighted by molar-refractivity contribution is 0.0742. The summed E-state index contributed by atoms with van der Waals surface area (Å²) in [6.45, 7) is 4.82. The van der Waals surface area contributed by atoms with E-state index >= 15 is 0 Å². The normalized spacial score (nSPS) is 13.7. The summed E-state index contributed by atoms with van der Waals surface area (Å²) in [6, 6.07) is 20.9. The van der Waals surface area contributed by atoms with E-state index < -0.39 is 0 Å². The van der Waals surface area contributed by atoms with Gasteiger partial charge in [0.05, 0.1) is 18.7 Å². The molecule has 2 aromatic carbocycles. The Bertz CT molecular complexity index is 1400. The van der Waals surface area contributed by atoms with Gasteiger partial charge in [-0.25, -0.2) is 9.97 Å². The molecule has 0 unspecified atom stereocenters. The maximum Gasteiger partial charge on any atom is 0.295 e. The van der Waals surface area contributed by atoms with Crippen molar-refractivity contribution < 1.29 is 9.53 Å². The Morgan fingerprint density at radius 1 is 0.943 bits per heavy atom. The van der Waals surface area contributed by atoms with E-state index in [2.05, 4.69) is 9.97 Å². The zero-order valence-corrected chi connectivity index (χ0v) is 19.6. The monoisotopic (exact) mass is 469 g/mol. The molecule has 1 saturated heterocycles. The first-order valence-electron chi connectivity index (χ1n) is 11.8. The van der Waals surface area contributed by atoms with E-state index in [9.17, 15) is 9.59 Å². The SMILES string of the molecule is CCOc1ccccc1C(=O)N1CCN(c2nc3cccnc3n(Cc3ccccc3)c2=O)CC1. The molecular formula is C27H27N5O3. The quantitative estimate of drug-likeness (QED) is 0.432. The van der Waals surface area contributed by atoms with Crippen LogP contribution in [0.4, 0.5) is 5.82 Å². The average molecular weight is 470 g/mol. The second-order valence-corrected chi connectivity index (χ2v) is 8.37. The highest BCUT2D eigenvalue weighted by Gasteiger charge is 2.27. The van der Waals surface area contributed by atoms with Crippen molar-refractivity contribution in [3.05, 3.63) is 94.4 Å². The number of carbonyl (C=O) groups is 1. The second-order valence-electron chi connectivity index (χ2n) is 8.37. The number of hydrogen-bond donors (Lipinski definition) is 0. The van der Waals surface area contributed by atoms with Gasteiger partial charge in [-0.3, -0.25) is 14.2 Å². The number of amides is 1. The Hall–Kier alpha value is -4.20. The Morgan fingerprint density at radius 2 is 1.69 bits per heavy atom. The Kier molecular flexibility index (Phi) is 6.43. The van der Waals surface area contributed by atoms with Gasteiger partial charge >= 0.3 is 0 Å². The van der Waals surface area contributed by atoms with E-state index in [1.54, 1.807) is 21.7 Å². The van der Waals surface area contributed by atoms with Crippen LogP contribution in [-0.4, -0.2) is 58.1 Å². The number of fused-ring (bicyclic) bond motifs is 1. The molecule has 0 saturated carbocycles. The Labute approximate surface area is 203 Å². The summed E-state index contributed by atoms with van der Waals surface area (Å²) in [5, 5.41) is 0. The van der Waals surface area contributed by atoms with Gasteiger partial charge in [0.15, 0.2) is 11.5 Å². The molecule has 2 aromatic heterocycles. The first kappa shape index (κ1) is 22.6. The van der Waals surface area contributed by atoms with Gasteiger partial charge in [-0.05, 0) is 36.8 Å². The maximum absolute atomic E-state index is 13.6. The predicted molar refractivity (Wildman–Crippen MR) is 135 cm³/mol. The standard InChI is InChI=1S/C27H27N5O3/c1-2-35-23-13-7-6-11-21(23)26(33)31-17-15-30(16-18-31)25-27(34)32(19-20-9-4-3-5-10-20)24-22(29-25)12-8-14-28-24/h3-14H,2,15-19H2,1H3. The summed E-state index contributed by atoms with van der Waals surface area (Å²) in [7, 11) is 0. The molecule has 0 spiro atoms. The molecule has 1 fully saturated rings. The van der Waals surface area contributed by atoms with Gasteiger partial charge in [0.25, 0.3) is 11.5 Å². The fourth-order valence-electron chi connectivity index (χ4n) is 4.40. The third-order valence-corrected chi connectivity index (χ3v) is 6.15. The van der Waals surface area contributed by atoms with Crippen molar-refractivity contribution in [3.8, 4) is 5.75 Å². The molecule has 0 radical (unpaired) electrons. The number of hydrogen-bond acceptors (Lipinski definition) is 6. The molecule has 35 heavy (non-hydrogen) atoms. The molecular weight excluding hydrogens is 442 g/mol. The number of piperazine rings is 1. The smallest absolute Gasteiger partial charge is 0.295 e. The summed E-state index contributed by atoms with van der Waals surface area (Å²) in [4.78, 5) is 39.6. The molecule has 1 amide bonds. The second kappa shape index (κ2) is 9.97. The highest BCUT2D eigenvalue weighted by molar-refractivity contribution is 5.97. The lowest BCUT2D eigenvalue weighted by Crippen LogP contribution is -2.50. The van der Waals surface area contributed by atoms with Gasteiger partial charge in [0.1, 0.15) is 11.3 Å². The highest BCUT2D eigenvalue weighted by atomic mass is 16.5. The fourth-order valence-corrected chi connectivity index (χ4v) is 4.40. The Morgan fingerprint density at radius 3 is 2.46 bits per heavy atom. The van der Waals surface area contributed by atoms with Crippen molar-refractivity contribution in [3.63, 3.8) is 0 Å². The molecule has 8 nitrogen and oxygen atoms in total. The number of anilines is 1. The largest absolute Gasteiger partial charge is 0.493 e. The van der Waals surface area contributed by atoms with Gasteiger partial charge in [-0.2, -0.15) is 0 Å². The summed E-state index contributed by atoms with van der Waals surface area (Å²) in [6.07, 6.45) is 1.68. The minimum Gasteiger partial charge on any atom is -0.493 e. The maximum atomic E-state index is 13.6. The fraction of sp³-hybridized carbons (Fsp3) is 0.259. The summed E-state index contributed by atoms with van der Waals surface area (Å²) in [5.74, 6) is 0.920. The van der Waals surface area contributed by atoms with E-state index in [0.29, 0.717) is 67.6 Å². The van der Waals surface area contributed by atoms with Crippen molar-refractivity contribution in [2.45, 2.75) is 13.5 Å². The van der Waals surface area contributed by atoms with Crippen molar-refractivity contribution in [2.75, 3.05) is 37.7 Å². The number of carbonyl (C=O) groups excluding carboxylic acids is 1. The van der Waals surface area contributed by atoms with E-state index in [1.165, 1.54) is 0 Å². The summed E-state index contributed by atoms with van der Waals surface area (Å²) < 4.78 is 7.32. The minimum atomic E-state index is -0.179. The molecule has 0 bridgehead atoms. The number of pyridine rings is 1. The van der Waals surface area contributed by atoms with E-state index in [0.717, 1.165) is 5.56 Å². The van der Waals surface area contributed by atoms with Crippen LogP contribution < -0.4 is 15.2 Å². The number of nitrogens with zero attached hydrogens (tertiary/aromatic N) is 5. The van der Waals surface area contributed by atoms with Crippen molar-refractivity contribution >= 4 is 22.9 Å². The molecule has 0 N–H and O–H groups in total. The van der Waals surface area contributed by atoms with Gasteiger partial charge < -0.3 is 14.5 Å². The van der Waals surface area contributed by atoms with Gasteiger partial charge in [-0.1, -0.05) is 42.5 Å². The molecule has 1 aliphatic rings. The van der Waals surface area contributed by atoms with E-state index in [4.69, 9.17) is 4.74 Å². The van der Waals surface area contributed by atoms with Gasteiger partial charge in [0.2, 0.25) is 0 Å². The highest BCUT2D eigenvalue weighted by Crippen LogP contribution is 2.22. The topological polar surface area (TPSA) is 80.6 Å². The molecule has 178 valence electrons. The van der Waals surface area contributed by atoms with E-state index in [-0.39, 0.29) is 11.5 Å². The number of rotatable bonds is 6. The summed E-state index contributed by atoms with van der Waals surface area (Å²) >= 11 is 0. The lowest BCUT2D eigenvalue weighted by atomic mass is 10.1. The molecule has 8 heteroatoms. The zero-order valence-electron chi connectivity index (χ0n) is 19.6. The van der Waals surface area contributed by atoms with Crippen LogP contribution in [-0.2, 0) is 6.54 Å². The van der Waals surface area contributed by atoms with Crippen LogP contribution in [0.25, 0.3) is 11.2 Å². The third-order valence-electron chi connectivity index (χ3n) is 6.15. The van der Waals surface area contributed by atoms with Crippen molar-refractivity contribution in [1.82, 2.24) is 19.4 Å². The molecule has 1 aliphatic heterocycles. The average Bonchev–Trinajstić information content (AvgIpc) is 2.91. The van der Waals surface area contributed by atoms with Crippen LogP contribution in [0.1, 0.15) is 22.8 Å². The lowest BCUT2D eigenvalue weighted by Gasteiger charge is -2.35.